The Balaban J connectivity index is 1.44. The number of benzene rings is 1. The van der Waals surface area contributed by atoms with Crippen LogP contribution in [0, 0.1) is 26.2 Å². The molecule has 1 aliphatic rings. The summed E-state index contributed by atoms with van der Waals surface area (Å²) in [6.07, 6.45) is 2.84. The molecule has 0 radical (unpaired) electrons. The van der Waals surface area contributed by atoms with Gasteiger partial charge in [-0.2, -0.15) is 0 Å². The van der Waals surface area contributed by atoms with Crippen molar-refractivity contribution in [2.75, 3.05) is 37.5 Å². The number of rotatable bonds is 7. The van der Waals surface area contributed by atoms with Crippen LogP contribution in [0.1, 0.15) is 30.7 Å². The number of oxazole rings is 1. The summed E-state index contributed by atoms with van der Waals surface area (Å²) in [4.78, 5) is 18.5. The van der Waals surface area contributed by atoms with Crippen molar-refractivity contribution in [3.8, 4) is 17.0 Å². The van der Waals surface area contributed by atoms with Crippen molar-refractivity contribution in [1.82, 2.24) is 19.9 Å². The van der Waals surface area contributed by atoms with Gasteiger partial charge in [0.2, 0.25) is 5.95 Å². The van der Waals surface area contributed by atoms with Gasteiger partial charge in [-0.15, -0.1) is 0 Å². The Labute approximate surface area is 204 Å². The summed E-state index contributed by atoms with van der Waals surface area (Å²) in [5.41, 5.74) is 4.22. The zero-order chi connectivity index (χ0) is 24.6. The molecule has 4 heterocycles. The second kappa shape index (κ2) is 9.14. The van der Waals surface area contributed by atoms with Gasteiger partial charge >= 0.3 is 0 Å². The van der Waals surface area contributed by atoms with E-state index in [1.54, 1.807) is 7.11 Å². The van der Waals surface area contributed by atoms with Gasteiger partial charge in [0.25, 0.3) is 0 Å². The van der Waals surface area contributed by atoms with Crippen LogP contribution >= 0.6 is 0 Å². The summed E-state index contributed by atoms with van der Waals surface area (Å²) in [6, 6.07) is 7.81. The maximum atomic E-state index is 5.65. The first-order valence-corrected chi connectivity index (χ1v) is 11.7. The van der Waals surface area contributed by atoms with Gasteiger partial charge in [-0.05, 0) is 38.5 Å². The number of fused-ring (bicyclic) bond motifs is 1. The zero-order valence-corrected chi connectivity index (χ0v) is 20.7. The van der Waals surface area contributed by atoms with E-state index >= 15 is 0 Å². The van der Waals surface area contributed by atoms with Gasteiger partial charge in [0.1, 0.15) is 22.7 Å². The highest BCUT2D eigenvalue weighted by atomic mass is 16.5. The van der Waals surface area contributed by atoms with Crippen molar-refractivity contribution in [3.63, 3.8) is 0 Å². The molecule has 3 aromatic heterocycles. The Kier molecular flexibility index (Phi) is 6.02. The number of aromatic nitrogens is 4. The van der Waals surface area contributed by atoms with Crippen LogP contribution in [-0.2, 0) is 4.74 Å². The molecule has 1 unspecified atom stereocenters. The second-order valence-corrected chi connectivity index (χ2v) is 9.39. The van der Waals surface area contributed by atoms with E-state index in [1.807, 2.05) is 51.2 Å². The lowest BCUT2D eigenvalue weighted by Crippen LogP contribution is -2.27. The van der Waals surface area contributed by atoms with Crippen molar-refractivity contribution in [2.45, 2.75) is 34.1 Å². The first kappa shape index (κ1) is 23.0. The van der Waals surface area contributed by atoms with Crippen LogP contribution in [0.2, 0.25) is 0 Å². The number of nitrogens with zero attached hydrogens (tertiary/aromatic N) is 4. The lowest BCUT2D eigenvalue weighted by Gasteiger charge is -2.22. The summed E-state index contributed by atoms with van der Waals surface area (Å²) in [5.74, 6) is 3.26. The van der Waals surface area contributed by atoms with Crippen molar-refractivity contribution in [2.24, 2.45) is 5.41 Å². The highest BCUT2D eigenvalue weighted by Gasteiger charge is 2.29. The molecule has 1 fully saturated rings. The highest BCUT2D eigenvalue weighted by molar-refractivity contribution is 5.89. The fourth-order valence-corrected chi connectivity index (χ4v) is 4.36. The topological polar surface area (TPSA) is 107 Å². The number of nitrogens with one attached hydrogen (secondary N) is 2. The molecule has 1 atom stereocenters. The molecular weight excluding hydrogens is 444 g/mol. The molecule has 1 aliphatic heterocycles. The van der Waals surface area contributed by atoms with E-state index in [-0.39, 0.29) is 5.41 Å². The molecule has 4 aromatic rings. The quantitative estimate of drug-likeness (QED) is 0.374. The number of hydrogen-bond acceptors (Lipinski definition) is 9. The Morgan fingerprint density at radius 2 is 1.97 bits per heavy atom. The van der Waals surface area contributed by atoms with Crippen molar-refractivity contribution >= 4 is 28.4 Å². The van der Waals surface area contributed by atoms with E-state index in [9.17, 15) is 0 Å². The molecule has 9 heteroatoms. The normalized spacial score (nSPS) is 17.6. The molecule has 0 aliphatic carbocycles. The first-order chi connectivity index (χ1) is 16.8. The van der Waals surface area contributed by atoms with Gasteiger partial charge < -0.3 is 24.5 Å². The molecule has 0 bridgehead atoms. The van der Waals surface area contributed by atoms with Gasteiger partial charge in [-0.3, -0.25) is 0 Å². The molecule has 0 spiro atoms. The molecule has 0 amide bonds. The largest absolute Gasteiger partial charge is 0.495 e. The third kappa shape index (κ3) is 4.77. The van der Waals surface area contributed by atoms with Crippen LogP contribution in [0.4, 0.5) is 17.5 Å². The summed E-state index contributed by atoms with van der Waals surface area (Å²) >= 11 is 0. The number of methoxy groups -OCH3 is 1. The number of aryl methyl sites for hydroxylation is 3. The molecule has 0 saturated carbocycles. The summed E-state index contributed by atoms with van der Waals surface area (Å²) in [7, 11) is 1.63. The SMILES string of the molecule is COc1cc(-c2nc(C)oc2C)ccc1Nc1ncc2cc(C)nc(NCC3(C)CCOC3)c2n1. The second-order valence-electron chi connectivity index (χ2n) is 9.39. The molecule has 2 N–H and O–H groups in total. The van der Waals surface area contributed by atoms with E-state index in [0.717, 1.165) is 71.3 Å². The molecule has 5 rings (SSSR count). The van der Waals surface area contributed by atoms with Gasteiger partial charge in [-0.25, -0.2) is 19.9 Å². The lowest BCUT2D eigenvalue weighted by molar-refractivity contribution is 0.164. The van der Waals surface area contributed by atoms with Gasteiger partial charge in [0.15, 0.2) is 11.7 Å². The number of pyridine rings is 1. The van der Waals surface area contributed by atoms with Crippen molar-refractivity contribution in [1.29, 1.82) is 0 Å². The molecule has 9 nitrogen and oxygen atoms in total. The van der Waals surface area contributed by atoms with Gasteiger partial charge in [-0.1, -0.05) is 13.0 Å². The van der Waals surface area contributed by atoms with Crippen LogP contribution in [0.3, 0.4) is 0 Å². The number of anilines is 3. The number of ether oxygens (including phenoxy) is 2. The Bertz CT molecular complexity index is 1380. The summed E-state index contributed by atoms with van der Waals surface area (Å²) in [5, 5.41) is 7.73. The van der Waals surface area contributed by atoms with Crippen LogP contribution in [0.15, 0.2) is 34.9 Å². The lowest BCUT2D eigenvalue weighted by atomic mass is 9.90. The summed E-state index contributed by atoms with van der Waals surface area (Å²) in [6.45, 7) is 10.2. The predicted octanol–water partition coefficient (Wildman–Crippen LogP) is 5.20. The monoisotopic (exact) mass is 474 g/mol. The van der Waals surface area contributed by atoms with E-state index in [1.165, 1.54) is 0 Å². The van der Waals surface area contributed by atoms with Gasteiger partial charge in [0, 0.05) is 48.3 Å². The third-order valence-electron chi connectivity index (χ3n) is 6.30. The van der Waals surface area contributed by atoms with Gasteiger partial charge in [0.05, 0.1) is 19.4 Å². The molecule has 35 heavy (non-hydrogen) atoms. The number of hydrogen-bond donors (Lipinski definition) is 2. The van der Waals surface area contributed by atoms with Crippen molar-refractivity contribution in [3.05, 3.63) is 47.8 Å². The minimum atomic E-state index is 0.0850. The van der Waals surface area contributed by atoms with E-state index in [0.29, 0.717) is 17.6 Å². The summed E-state index contributed by atoms with van der Waals surface area (Å²) < 4.78 is 16.8. The Hall–Kier alpha value is -3.72. The molecular formula is C26H30N6O3. The van der Waals surface area contributed by atoms with Crippen LogP contribution in [-0.4, -0.2) is 46.8 Å². The standard InChI is InChI=1S/C26H30N6O3/c1-15-10-19-12-27-25(32-23(19)24(29-15)28-13-26(4)8-9-34-14-26)31-20-7-6-18(11-21(20)33-5)22-16(2)35-17(3)30-22/h6-7,10-12H,8-9,13-14H2,1-5H3,(H,28,29)(H,27,31,32). The van der Waals surface area contributed by atoms with E-state index in [2.05, 4.69) is 27.5 Å². The Morgan fingerprint density at radius 1 is 1.11 bits per heavy atom. The first-order valence-electron chi connectivity index (χ1n) is 11.7. The Morgan fingerprint density at radius 3 is 2.69 bits per heavy atom. The molecule has 1 saturated heterocycles. The minimum Gasteiger partial charge on any atom is -0.495 e. The van der Waals surface area contributed by atoms with Crippen LogP contribution < -0.4 is 15.4 Å². The zero-order valence-electron chi connectivity index (χ0n) is 20.7. The highest BCUT2D eigenvalue weighted by Crippen LogP contribution is 2.34. The molecule has 1 aromatic carbocycles. The third-order valence-corrected chi connectivity index (χ3v) is 6.30. The fourth-order valence-electron chi connectivity index (χ4n) is 4.36. The smallest absolute Gasteiger partial charge is 0.227 e. The maximum Gasteiger partial charge on any atom is 0.227 e. The predicted molar refractivity (Wildman–Crippen MR) is 135 cm³/mol. The van der Waals surface area contributed by atoms with Crippen LogP contribution in [0.25, 0.3) is 22.2 Å². The average molecular weight is 475 g/mol. The molecule has 182 valence electrons. The van der Waals surface area contributed by atoms with E-state index < -0.39 is 0 Å². The van der Waals surface area contributed by atoms with E-state index in [4.69, 9.17) is 23.9 Å². The van der Waals surface area contributed by atoms with Crippen LogP contribution in [0.5, 0.6) is 5.75 Å². The fraction of sp³-hybridized carbons (Fsp3) is 0.385. The minimum absolute atomic E-state index is 0.0850. The maximum absolute atomic E-state index is 5.65. The average Bonchev–Trinajstić information content (AvgIpc) is 3.42. The van der Waals surface area contributed by atoms with Crippen molar-refractivity contribution < 1.29 is 13.9 Å².